The van der Waals surface area contributed by atoms with Crippen molar-refractivity contribution in [2.45, 2.75) is 19.8 Å². The summed E-state index contributed by atoms with van der Waals surface area (Å²) >= 11 is 7.53. The largest absolute Gasteiger partial charge is 0.384 e. The lowest BCUT2D eigenvalue weighted by atomic mass is 10.1. The maximum absolute atomic E-state index is 10.8. The summed E-state index contributed by atoms with van der Waals surface area (Å²) in [4.78, 5) is 14.6. The van der Waals surface area contributed by atoms with Crippen LogP contribution in [-0.4, -0.2) is 16.5 Å². The number of hydrogen-bond donors (Lipinski definition) is 1. The summed E-state index contributed by atoms with van der Waals surface area (Å²) in [6, 6.07) is 3.09. The molecule has 0 aliphatic carbocycles. The Labute approximate surface area is 125 Å². The highest BCUT2D eigenvalue weighted by molar-refractivity contribution is 7.09. The number of rotatable bonds is 5. The number of benzene rings is 1. The van der Waals surface area contributed by atoms with Gasteiger partial charge in [-0.2, -0.15) is 0 Å². The van der Waals surface area contributed by atoms with Crippen LogP contribution in [0.3, 0.4) is 0 Å². The predicted octanol–water partition coefficient (Wildman–Crippen LogP) is 4.23. The zero-order chi connectivity index (χ0) is 14.7. The van der Waals surface area contributed by atoms with Crippen molar-refractivity contribution in [3.05, 3.63) is 49.4 Å². The summed E-state index contributed by atoms with van der Waals surface area (Å²) in [5, 5.41) is 17.2. The zero-order valence-electron chi connectivity index (χ0n) is 11.1. The molecule has 2 aromatic rings. The molecule has 0 amide bonds. The molecule has 0 saturated heterocycles. The third kappa shape index (κ3) is 3.26. The Morgan fingerprint density at radius 1 is 1.55 bits per heavy atom. The molecule has 106 valence electrons. The minimum absolute atomic E-state index is 0.0670. The summed E-state index contributed by atoms with van der Waals surface area (Å²) in [5.74, 6) is 0.267. The summed E-state index contributed by atoms with van der Waals surface area (Å²) < 4.78 is 0. The summed E-state index contributed by atoms with van der Waals surface area (Å²) in [6.07, 6.45) is 1.78. The van der Waals surface area contributed by atoms with Crippen molar-refractivity contribution in [1.82, 2.24) is 4.98 Å². The molecule has 1 unspecified atom stereocenters. The molecule has 5 nitrogen and oxygen atoms in total. The van der Waals surface area contributed by atoms with Gasteiger partial charge in [0.1, 0.15) is 5.02 Å². The maximum atomic E-state index is 10.8. The van der Waals surface area contributed by atoms with Crippen molar-refractivity contribution in [3.63, 3.8) is 0 Å². The van der Waals surface area contributed by atoms with E-state index >= 15 is 0 Å². The first kappa shape index (κ1) is 14.7. The van der Waals surface area contributed by atoms with Gasteiger partial charge in [-0.1, -0.05) is 18.5 Å². The quantitative estimate of drug-likeness (QED) is 0.662. The Morgan fingerprint density at radius 3 is 2.90 bits per heavy atom. The van der Waals surface area contributed by atoms with Gasteiger partial charge in [0, 0.05) is 35.8 Å². The van der Waals surface area contributed by atoms with E-state index in [4.69, 9.17) is 11.6 Å². The maximum Gasteiger partial charge on any atom is 0.288 e. The van der Waals surface area contributed by atoms with Gasteiger partial charge in [-0.15, -0.1) is 11.3 Å². The van der Waals surface area contributed by atoms with Crippen LogP contribution < -0.4 is 5.32 Å². The molecule has 0 fully saturated rings. The van der Waals surface area contributed by atoms with Crippen LogP contribution in [0, 0.1) is 17.0 Å². The molecule has 0 aliphatic rings. The first-order valence-corrected chi connectivity index (χ1v) is 7.32. The van der Waals surface area contributed by atoms with Gasteiger partial charge in [-0.3, -0.25) is 10.1 Å². The van der Waals surface area contributed by atoms with E-state index in [1.807, 2.05) is 12.3 Å². The second kappa shape index (κ2) is 6.19. The van der Waals surface area contributed by atoms with Crippen molar-refractivity contribution >= 4 is 34.3 Å². The van der Waals surface area contributed by atoms with E-state index < -0.39 is 4.92 Å². The van der Waals surface area contributed by atoms with Crippen LogP contribution in [0.15, 0.2) is 23.7 Å². The normalized spacial score (nSPS) is 12.2. The Hall–Kier alpha value is -1.66. The van der Waals surface area contributed by atoms with E-state index in [9.17, 15) is 10.1 Å². The van der Waals surface area contributed by atoms with Gasteiger partial charge in [0.25, 0.3) is 5.69 Å². The minimum Gasteiger partial charge on any atom is -0.384 e. The molecule has 1 N–H and O–H groups in total. The van der Waals surface area contributed by atoms with Crippen molar-refractivity contribution in [2.75, 3.05) is 11.9 Å². The van der Waals surface area contributed by atoms with Gasteiger partial charge < -0.3 is 5.32 Å². The highest BCUT2D eigenvalue weighted by Gasteiger charge is 2.15. The number of thiazole rings is 1. The summed E-state index contributed by atoms with van der Waals surface area (Å²) in [5.41, 5.74) is 1.54. The van der Waals surface area contributed by atoms with Gasteiger partial charge in [0.2, 0.25) is 0 Å². The number of anilines is 1. The van der Waals surface area contributed by atoms with E-state index in [1.165, 1.54) is 6.07 Å². The molecular weight excluding hydrogens is 298 g/mol. The van der Waals surface area contributed by atoms with Gasteiger partial charge >= 0.3 is 0 Å². The molecule has 20 heavy (non-hydrogen) atoms. The number of aryl methyl sites for hydroxylation is 1. The number of hydrogen-bond acceptors (Lipinski definition) is 5. The fourth-order valence-corrected chi connectivity index (χ4v) is 2.76. The molecule has 0 saturated carbocycles. The standard InChI is InChI=1S/C13H14ClN3O2S/c1-8-5-12(17(18)19)10(14)6-11(8)16-7-9(2)13-15-3-4-20-13/h3-6,9,16H,7H2,1-2H3. The summed E-state index contributed by atoms with van der Waals surface area (Å²) in [7, 11) is 0. The zero-order valence-corrected chi connectivity index (χ0v) is 12.7. The van der Waals surface area contributed by atoms with Crippen molar-refractivity contribution in [1.29, 1.82) is 0 Å². The number of nitro groups is 1. The molecule has 2 rings (SSSR count). The molecule has 1 heterocycles. The Kier molecular flexibility index (Phi) is 4.57. The van der Waals surface area contributed by atoms with E-state index in [1.54, 1.807) is 23.6 Å². The van der Waals surface area contributed by atoms with Crippen molar-refractivity contribution in [2.24, 2.45) is 0 Å². The average Bonchev–Trinajstić information content (AvgIpc) is 2.92. The monoisotopic (exact) mass is 311 g/mol. The van der Waals surface area contributed by atoms with Crippen LogP contribution in [0.4, 0.5) is 11.4 Å². The SMILES string of the molecule is Cc1cc([N+](=O)[O-])c(Cl)cc1NCC(C)c1nccs1. The van der Waals surface area contributed by atoms with E-state index in [0.29, 0.717) is 6.54 Å². The third-order valence-electron chi connectivity index (χ3n) is 2.96. The van der Waals surface area contributed by atoms with E-state index in [-0.39, 0.29) is 16.6 Å². The molecule has 1 atom stereocenters. The van der Waals surface area contributed by atoms with Crippen molar-refractivity contribution < 1.29 is 4.92 Å². The topological polar surface area (TPSA) is 68.1 Å². The van der Waals surface area contributed by atoms with Gasteiger partial charge in [0.15, 0.2) is 0 Å². The smallest absolute Gasteiger partial charge is 0.288 e. The molecule has 0 spiro atoms. The number of halogens is 1. The lowest BCUT2D eigenvalue weighted by molar-refractivity contribution is -0.384. The Bertz CT molecular complexity index is 616. The number of nitro benzene ring substituents is 1. The van der Waals surface area contributed by atoms with Crippen LogP contribution in [0.2, 0.25) is 5.02 Å². The van der Waals surface area contributed by atoms with Crippen molar-refractivity contribution in [3.8, 4) is 0 Å². The van der Waals surface area contributed by atoms with Gasteiger partial charge in [-0.25, -0.2) is 4.98 Å². The number of nitrogens with one attached hydrogen (secondary N) is 1. The molecule has 0 aliphatic heterocycles. The van der Waals surface area contributed by atoms with Gasteiger partial charge in [0.05, 0.1) is 9.93 Å². The minimum atomic E-state index is -0.475. The summed E-state index contributed by atoms with van der Waals surface area (Å²) in [6.45, 7) is 4.59. The molecule has 7 heteroatoms. The Morgan fingerprint density at radius 2 is 2.30 bits per heavy atom. The van der Waals surface area contributed by atoms with Crippen LogP contribution in [0.5, 0.6) is 0 Å². The second-order valence-electron chi connectivity index (χ2n) is 4.53. The number of nitrogens with zero attached hydrogens (tertiary/aromatic N) is 2. The predicted molar refractivity (Wildman–Crippen MR) is 81.9 cm³/mol. The average molecular weight is 312 g/mol. The number of aromatic nitrogens is 1. The fraction of sp³-hybridized carbons (Fsp3) is 0.308. The lowest BCUT2D eigenvalue weighted by Crippen LogP contribution is -2.10. The van der Waals surface area contributed by atoms with Crippen LogP contribution in [-0.2, 0) is 0 Å². The highest BCUT2D eigenvalue weighted by Crippen LogP contribution is 2.31. The van der Waals surface area contributed by atoms with Crippen LogP contribution >= 0.6 is 22.9 Å². The van der Waals surface area contributed by atoms with Crippen LogP contribution in [0.1, 0.15) is 23.4 Å². The molecule has 0 radical (unpaired) electrons. The van der Waals surface area contributed by atoms with Crippen LogP contribution in [0.25, 0.3) is 0 Å². The van der Waals surface area contributed by atoms with Gasteiger partial charge in [-0.05, 0) is 18.6 Å². The Balaban J connectivity index is 2.10. The molecule has 1 aromatic carbocycles. The second-order valence-corrected chi connectivity index (χ2v) is 5.86. The molecule has 1 aromatic heterocycles. The molecule has 0 bridgehead atoms. The third-order valence-corrected chi connectivity index (χ3v) is 4.27. The van der Waals surface area contributed by atoms with E-state index in [2.05, 4.69) is 17.2 Å². The molecular formula is C13H14ClN3O2S. The fourth-order valence-electron chi connectivity index (χ4n) is 1.82. The highest BCUT2D eigenvalue weighted by atomic mass is 35.5. The van der Waals surface area contributed by atoms with E-state index in [0.717, 1.165) is 16.3 Å². The lowest BCUT2D eigenvalue weighted by Gasteiger charge is -2.13. The first-order valence-electron chi connectivity index (χ1n) is 6.07. The first-order chi connectivity index (χ1) is 9.49.